The zero-order valence-electron chi connectivity index (χ0n) is 15.8. The van der Waals surface area contributed by atoms with Crippen LogP contribution in [0.3, 0.4) is 0 Å². The standard InChI is InChI=1S/C20H22N4O3S/c1-14-5-3-6-15(11-14)19-22-23-20(28)24(19)13-18(25)21-9-10-27-17-8-4-7-16(12-17)26-2/h3-8,11-12H,9-10,13H2,1-2H3,(H,21,25)(H,23,28). The minimum Gasteiger partial charge on any atom is -0.497 e. The van der Waals surface area contributed by atoms with E-state index in [0.717, 1.165) is 16.9 Å². The molecule has 0 spiro atoms. The fourth-order valence-electron chi connectivity index (χ4n) is 2.72. The SMILES string of the molecule is COc1cccc(OCCNC(=O)Cn2c(-c3cccc(C)c3)n[nH]c2=S)c1. The average molecular weight is 398 g/mol. The highest BCUT2D eigenvalue weighted by Crippen LogP contribution is 2.19. The van der Waals surface area contributed by atoms with Crippen molar-refractivity contribution in [3.8, 4) is 22.9 Å². The van der Waals surface area contributed by atoms with Gasteiger partial charge in [-0.1, -0.05) is 29.8 Å². The lowest BCUT2D eigenvalue weighted by Gasteiger charge is -2.10. The first-order valence-electron chi connectivity index (χ1n) is 8.82. The van der Waals surface area contributed by atoms with Crippen molar-refractivity contribution >= 4 is 18.1 Å². The highest BCUT2D eigenvalue weighted by Gasteiger charge is 2.12. The van der Waals surface area contributed by atoms with Gasteiger partial charge in [0.05, 0.1) is 13.7 Å². The minimum atomic E-state index is -0.166. The van der Waals surface area contributed by atoms with Crippen LogP contribution in [0.25, 0.3) is 11.4 Å². The van der Waals surface area contributed by atoms with Crippen molar-refractivity contribution in [1.82, 2.24) is 20.1 Å². The molecule has 0 saturated carbocycles. The summed E-state index contributed by atoms with van der Waals surface area (Å²) in [6.07, 6.45) is 0. The predicted molar refractivity (Wildman–Crippen MR) is 109 cm³/mol. The summed E-state index contributed by atoms with van der Waals surface area (Å²) in [5.41, 5.74) is 2.01. The first-order chi connectivity index (χ1) is 13.6. The summed E-state index contributed by atoms with van der Waals surface area (Å²) >= 11 is 5.28. The van der Waals surface area contributed by atoms with E-state index in [0.29, 0.717) is 29.5 Å². The lowest BCUT2D eigenvalue weighted by atomic mass is 10.1. The molecule has 1 aromatic heterocycles. The van der Waals surface area contributed by atoms with Gasteiger partial charge in [-0.15, -0.1) is 0 Å². The van der Waals surface area contributed by atoms with Crippen LogP contribution in [0.2, 0.25) is 0 Å². The molecule has 0 unspecified atom stereocenters. The first kappa shape index (κ1) is 19.6. The number of aromatic nitrogens is 3. The van der Waals surface area contributed by atoms with Gasteiger partial charge in [0.15, 0.2) is 10.6 Å². The summed E-state index contributed by atoms with van der Waals surface area (Å²) < 4.78 is 12.9. The number of nitrogens with one attached hydrogen (secondary N) is 2. The number of hydrogen-bond donors (Lipinski definition) is 2. The molecule has 0 aliphatic carbocycles. The summed E-state index contributed by atoms with van der Waals surface area (Å²) in [7, 11) is 1.60. The molecule has 0 aliphatic rings. The van der Waals surface area contributed by atoms with Crippen molar-refractivity contribution in [3.63, 3.8) is 0 Å². The number of aryl methyl sites for hydroxylation is 1. The third-order valence-corrected chi connectivity index (χ3v) is 4.38. The highest BCUT2D eigenvalue weighted by atomic mass is 32.1. The molecule has 0 atom stereocenters. The molecule has 0 radical (unpaired) electrons. The Morgan fingerprint density at radius 3 is 2.79 bits per heavy atom. The number of rotatable bonds is 8. The molecule has 2 N–H and O–H groups in total. The third kappa shape index (κ3) is 4.98. The number of nitrogens with zero attached hydrogens (tertiary/aromatic N) is 2. The molecule has 0 fully saturated rings. The van der Waals surface area contributed by atoms with Gasteiger partial charge in [0, 0.05) is 11.6 Å². The second-order valence-corrected chi connectivity index (χ2v) is 6.57. The van der Waals surface area contributed by atoms with E-state index in [4.69, 9.17) is 21.7 Å². The number of methoxy groups -OCH3 is 1. The van der Waals surface area contributed by atoms with Crippen molar-refractivity contribution < 1.29 is 14.3 Å². The third-order valence-electron chi connectivity index (χ3n) is 4.07. The van der Waals surface area contributed by atoms with Crippen LogP contribution in [0.15, 0.2) is 48.5 Å². The molecule has 7 nitrogen and oxygen atoms in total. The monoisotopic (exact) mass is 398 g/mol. The summed E-state index contributed by atoms with van der Waals surface area (Å²) in [6.45, 7) is 2.81. The van der Waals surface area contributed by atoms with Crippen molar-refractivity contribution in [3.05, 3.63) is 58.9 Å². The fourth-order valence-corrected chi connectivity index (χ4v) is 2.92. The Hall–Kier alpha value is -3.13. The normalized spacial score (nSPS) is 10.5. The Morgan fingerprint density at radius 1 is 1.21 bits per heavy atom. The maximum atomic E-state index is 12.3. The molecule has 1 amide bonds. The Balaban J connectivity index is 1.55. The van der Waals surface area contributed by atoms with E-state index in [1.165, 1.54) is 0 Å². The molecule has 28 heavy (non-hydrogen) atoms. The Labute approximate surface area is 168 Å². The quantitative estimate of drug-likeness (QED) is 0.450. The summed E-state index contributed by atoms with van der Waals surface area (Å²) in [5.74, 6) is 1.88. The van der Waals surface area contributed by atoms with Crippen LogP contribution in [-0.2, 0) is 11.3 Å². The molecule has 0 aliphatic heterocycles. The Kier molecular flexibility index (Phi) is 6.44. The van der Waals surface area contributed by atoms with Gasteiger partial charge in [0.2, 0.25) is 5.91 Å². The van der Waals surface area contributed by atoms with Crippen molar-refractivity contribution in [1.29, 1.82) is 0 Å². The van der Waals surface area contributed by atoms with Gasteiger partial charge in [-0.05, 0) is 37.3 Å². The van der Waals surface area contributed by atoms with Crippen molar-refractivity contribution in [2.24, 2.45) is 0 Å². The molecule has 3 aromatic rings. The lowest BCUT2D eigenvalue weighted by molar-refractivity contribution is -0.121. The first-order valence-corrected chi connectivity index (χ1v) is 9.23. The Bertz CT molecular complexity index is 1010. The van der Waals surface area contributed by atoms with Gasteiger partial charge in [-0.2, -0.15) is 5.10 Å². The number of carbonyl (C=O) groups is 1. The molecule has 8 heteroatoms. The number of carbonyl (C=O) groups excluding carboxylic acids is 1. The second kappa shape index (κ2) is 9.18. The molecule has 146 valence electrons. The number of aromatic amines is 1. The molecule has 0 bridgehead atoms. The van der Waals surface area contributed by atoms with Gasteiger partial charge >= 0.3 is 0 Å². The van der Waals surface area contributed by atoms with Crippen LogP contribution >= 0.6 is 12.2 Å². The van der Waals surface area contributed by atoms with E-state index in [2.05, 4.69) is 15.5 Å². The number of ether oxygens (including phenoxy) is 2. The topological polar surface area (TPSA) is 81.2 Å². The van der Waals surface area contributed by atoms with Gasteiger partial charge in [0.25, 0.3) is 0 Å². The second-order valence-electron chi connectivity index (χ2n) is 6.19. The van der Waals surface area contributed by atoms with E-state index in [1.54, 1.807) is 17.7 Å². The van der Waals surface area contributed by atoms with E-state index >= 15 is 0 Å². The van der Waals surface area contributed by atoms with E-state index in [-0.39, 0.29) is 12.5 Å². The van der Waals surface area contributed by atoms with Crippen molar-refractivity contribution in [2.45, 2.75) is 13.5 Å². The zero-order valence-corrected chi connectivity index (χ0v) is 16.6. The van der Waals surface area contributed by atoms with E-state index in [1.807, 2.05) is 49.4 Å². The average Bonchev–Trinajstić information content (AvgIpc) is 3.06. The largest absolute Gasteiger partial charge is 0.497 e. The molecule has 3 rings (SSSR count). The van der Waals surface area contributed by atoms with E-state index in [9.17, 15) is 4.79 Å². The van der Waals surface area contributed by atoms with Gasteiger partial charge in [-0.25, -0.2) is 0 Å². The summed E-state index contributed by atoms with van der Waals surface area (Å²) in [5, 5.41) is 9.85. The highest BCUT2D eigenvalue weighted by molar-refractivity contribution is 7.71. The lowest BCUT2D eigenvalue weighted by Crippen LogP contribution is -2.31. The van der Waals surface area contributed by atoms with Gasteiger partial charge in [-0.3, -0.25) is 14.5 Å². The van der Waals surface area contributed by atoms with E-state index < -0.39 is 0 Å². The van der Waals surface area contributed by atoms with Crippen LogP contribution in [0.5, 0.6) is 11.5 Å². The van der Waals surface area contributed by atoms with Gasteiger partial charge in [0.1, 0.15) is 24.7 Å². The molecule has 0 saturated heterocycles. The fraction of sp³-hybridized carbons (Fsp3) is 0.250. The summed E-state index contributed by atoms with van der Waals surface area (Å²) in [4.78, 5) is 12.3. The molecule has 2 aromatic carbocycles. The van der Waals surface area contributed by atoms with Crippen LogP contribution in [0, 0.1) is 11.7 Å². The van der Waals surface area contributed by atoms with Crippen molar-refractivity contribution in [2.75, 3.05) is 20.3 Å². The van der Waals surface area contributed by atoms with Crippen LogP contribution in [0.4, 0.5) is 0 Å². The van der Waals surface area contributed by atoms with Gasteiger partial charge < -0.3 is 14.8 Å². The number of hydrogen-bond acceptors (Lipinski definition) is 5. The number of amides is 1. The minimum absolute atomic E-state index is 0.0811. The van der Waals surface area contributed by atoms with Crippen LogP contribution < -0.4 is 14.8 Å². The van der Waals surface area contributed by atoms with Crippen LogP contribution in [0.1, 0.15) is 5.56 Å². The predicted octanol–water partition coefficient (Wildman–Crippen LogP) is 3.12. The maximum absolute atomic E-state index is 12.3. The molecular formula is C20H22N4O3S. The molecule has 1 heterocycles. The maximum Gasteiger partial charge on any atom is 0.240 e. The summed E-state index contributed by atoms with van der Waals surface area (Å²) in [6, 6.07) is 15.2. The smallest absolute Gasteiger partial charge is 0.240 e. The Morgan fingerprint density at radius 2 is 2.00 bits per heavy atom. The number of H-pyrrole nitrogens is 1. The van der Waals surface area contributed by atoms with Crippen LogP contribution in [-0.4, -0.2) is 40.9 Å². The molecular weight excluding hydrogens is 376 g/mol. The zero-order chi connectivity index (χ0) is 19.9. The number of benzene rings is 2.